The molecule has 3 heterocycles. The number of ether oxygens (including phenoxy) is 4. The minimum absolute atomic E-state index is 0.0105. The van der Waals surface area contributed by atoms with Gasteiger partial charge >= 0.3 is 11.9 Å². The Hall–Kier alpha value is -6.94. The highest BCUT2D eigenvalue weighted by atomic mass is 33.1. The fraction of sp³-hybridized carbons (Fsp3) is 0.392. The van der Waals surface area contributed by atoms with Gasteiger partial charge in [-0.25, -0.2) is 0 Å². The van der Waals surface area contributed by atoms with Crippen LogP contribution in [0, 0.1) is 64.6 Å². The number of allylic oxidation sites excluding steroid dienone is 2. The van der Waals surface area contributed by atoms with Gasteiger partial charge in [0, 0.05) is 72.3 Å². The molecule has 0 amide bonds. The third-order valence-electron chi connectivity index (χ3n) is 22.9. The van der Waals surface area contributed by atoms with Crippen LogP contribution >= 0.6 is 43.2 Å². The SMILES string of the molecule is COc1cc2c(cc1O)C1CC(O)C3Cc4cc(O)c5cc4C4CC(CC(OC(C)=O)C(C2)C1(C=Cc1ccccc1)C43)OC(=O)C12CC(CSSC(O)CO5)C3C4C=CC1C3C#CC(CNCc1cccc(c1)-c1cc(O)cc3ccc2cc13)Cc1ccccc1CSS4. The molecule has 0 saturated heterocycles. The highest BCUT2D eigenvalue weighted by Gasteiger charge is 2.67. The Bertz CT molecular complexity index is 4300. The van der Waals surface area contributed by atoms with Gasteiger partial charge < -0.3 is 49.8 Å². The molecule has 1 spiro atoms. The first-order valence-corrected chi connectivity index (χ1v) is 38.3. The standard InChI is InChI=1S/C79H77NO11S4/c1-43(81)90-70-33-56-32-62-60-35-72(68(84)28-51(60)26-63-67(83)36-65-61-34-69(85)71(88-2)29-52(61)27-66(70)78(65,76(62)63)22-21-44-9-4-3-5-10-44)89-40-74(86)95-93-42-53-37-79(77(87)91-56)54-17-16-49-25-55(82)31-59(58(49)30-54)48-14-8-11-45(24-48)38-80-39-46-15-18-57-64(79)19-20-73(75(53)57)94-92-41-50-13-7-6-12-47(50)23-46/h3-14,16-17,19-22,24-25,28-31,34-35,46,53,56-57,62-67,70,73-76,80,82-86H,23,26-27,32-33,36-42H2,1-2H3. The van der Waals surface area contributed by atoms with Crippen LogP contribution in [-0.4, -0.2) is 92.5 Å². The van der Waals surface area contributed by atoms with Crippen molar-refractivity contribution in [3.05, 3.63) is 202 Å². The predicted octanol–water partition coefficient (Wildman–Crippen LogP) is 14.3. The van der Waals surface area contributed by atoms with Crippen molar-refractivity contribution in [1.82, 2.24) is 5.32 Å². The third-order valence-corrected chi connectivity index (χ3v) is 28.1. The topological polar surface area (TPSA) is 184 Å². The molecule has 17 atom stereocenters. The van der Waals surface area contributed by atoms with E-state index in [4.69, 9.17) is 18.9 Å². The zero-order valence-corrected chi connectivity index (χ0v) is 56.2. The number of rotatable bonds is 4. The van der Waals surface area contributed by atoms with Crippen LogP contribution in [0.15, 0.2) is 152 Å². The number of carbonyl (C=O) groups is 2. The van der Waals surface area contributed by atoms with Gasteiger partial charge in [0.1, 0.15) is 35.4 Å². The lowest BCUT2D eigenvalue weighted by Crippen LogP contribution is -2.62. The summed E-state index contributed by atoms with van der Waals surface area (Å²) in [6, 6.07) is 44.6. The molecule has 7 aromatic rings. The molecule has 0 aromatic heterocycles. The van der Waals surface area contributed by atoms with Gasteiger partial charge in [0.2, 0.25) is 0 Å². The van der Waals surface area contributed by atoms with Gasteiger partial charge in [0.05, 0.1) is 13.2 Å². The Morgan fingerprint density at radius 3 is 2.48 bits per heavy atom. The third kappa shape index (κ3) is 11.2. The summed E-state index contributed by atoms with van der Waals surface area (Å²) < 4.78 is 27.0. The van der Waals surface area contributed by atoms with Crippen molar-refractivity contribution >= 4 is 72.0 Å². The summed E-state index contributed by atoms with van der Waals surface area (Å²) in [5.74, 6) is 5.80. The summed E-state index contributed by atoms with van der Waals surface area (Å²) >= 11 is 0. The van der Waals surface area contributed by atoms with Crippen molar-refractivity contribution < 1.29 is 54.1 Å². The maximum absolute atomic E-state index is 17.6. The number of aliphatic hydroxyl groups excluding tert-OH is 2. The lowest BCUT2D eigenvalue weighted by molar-refractivity contribution is -0.180. The van der Waals surface area contributed by atoms with E-state index < -0.39 is 82.0 Å². The first kappa shape index (κ1) is 62.8. The number of phenols is 3. The molecule has 95 heavy (non-hydrogen) atoms. The van der Waals surface area contributed by atoms with Crippen LogP contribution in [0.5, 0.6) is 28.7 Å². The largest absolute Gasteiger partial charge is 0.508 e. The summed E-state index contributed by atoms with van der Waals surface area (Å²) in [4.78, 5) is 31.8. The number of nitrogens with one attached hydrogen (secondary N) is 1. The number of aliphatic hydroxyl groups is 2. The number of carbonyl (C=O) groups excluding carboxylic acids is 2. The summed E-state index contributed by atoms with van der Waals surface area (Å²) in [5, 5.41) is 66.1. The monoisotopic (exact) mass is 1340 g/mol. The Morgan fingerprint density at radius 2 is 1.63 bits per heavy atom. The molecule has 3 aliphatic heterocycles. The first-order valence-electron chi connectivity index (χ1n) is 33.5. The van der Waals surface area contributed by atoms with Crippen molar-refractivity contribution in [2.75, 3.05) is 26.0 Å². The van der Waals surface area contributed by atoms with Crippen LogP contribution in [0.3, 0.4) is 0 Å². The second kappa shape index (κ2) is 25.5. The maximum Gasteiger partial charge on any atom is 0.317 e. The van der Waals surface area contributed by atoms with Crippen molar-refractivity contribution in [3.63, 3.8) is 0 Å². The average molecular weight is 1340 g/mol. The normalized spacial score (nSPS) is 32.8. The zero-order valence-electron chi connectivity index (χ0n) is 53.0. The predicted molar refractivity (Wildman–Crippen MR) is 377 cm³/mol. The lowest BCUT2D eigenvalue weighted by Gasteiger charge is -2.64. The number of aromatic hydroxyl groups is 3. The van der Waals surface area contributed by atoms with Gasteiger partial charge in [0.25, 0.3) is 0 Å². The molecular formula is C79H77NO11S4. The zero-order chi connectivity index (χ0) is 64.9. The van der Waals surface area contributed by atoms with Crippen LogP contribution in [0.2, 0.25) is 0 Å². The van der Waals surface area contributed by atoms with Gasteiger partial charge in [-0.1, -0.05) is 164 Å². The molecule has 3 saturated carbocycles. The minimum atomic E-state index is -1.39. The number of phenolic OH excluding ortho intramolecular Hbond substituents is 3. The van der Waals surface area contributed by atoms with E-state index in [0.29, 0.717) is 50.3 Å². The smallest absolute Gasteiger partial charge is 0.317 e. The lowest BCUT2D eigenvalue weighted by atomic mass is 9.40. The highest BCUT2D eigenvalue weighted by Crippen LogP contribution is 2.70. The van der Waals surface area contributed by atoms with Crippen molar-refractivity contribution in [2.24, 2.45) is 52.8 Å². The van der Waals surface area contributed by atoms with Gasteiger partial charge in [-0.05, 0) is 195 Å². The van der Waals surface area contributed by atoms with Crippen LogP contribution < -0.4 is 14.8 Å². The van der Waals surface area contributed by atoms with Gasteiger partial charge in [-0.15, -0.1) is 0 Å². The van der Waals surface area contributed by atoms with Crippen LogP contribution in [0.25, 0.3) is 28.0 Å². The molecular weight excluding hydrogens is 1270 g/mol. The molecule has 16 heteroatoms. The Kier molecular flexibility index (Phi) is 16.9. The average Bonchev–Trinajstić information content (AvgIpc) is 0.713. The molecule has 9 aliphatic rings. The molecule has 16 rings (SSSR count). The van der Waals surface area contributed by atoms with E-state index >= 15 is 4.79 Å². The number of fused-ring (bicyclic) bond motifs is 11. The molecule has 6 aliphatic carbocycles. The number of hydrogen-bond donors (Lipinski definition) is 6. The first-order chi connectivity index (χ1) is 46.2. The summed E-state index contributed by atoms with van der Waals surface area (Å²) in [6.07, 6.45) is 9.17. The molecule has 0 radical (unpaired) electrons. The number of hydrogen-bond acceptors (Lipinski definition) is 16. The van der Waals surface area contributed by atoms with Crippen molar-refractivity contribution in [2.45, 2.75) is 110 Å². The van der Waals surface area contributed by atoms with E-state index in [1.165, 1.54) is 36.0 Å². The fourth-order valence-corrected chi connectivity index (χ4v) is 24.2. The minimum Gasteiger partial charge on any atom is -0.508 e. The van der Waals surface area contributed by atoms with Crippen LogP contribution in [-0.2, 0) is 56.0 Å². The van der Waals surface area contributed by atoms with Crippen molar-refractivity contribution in [3.8, 4) is 51.7 Å². The Labute approximate surface area is 570 Å². The maximum atomic E-state index is 17.6. The number of benzene rings is 7. The molecule has 15 bridgehead atoms. The van der Waals surface area contributed by atoms with E-state index in [0.717, 1.165) is 73.0 Å². The van der Waals surface area contributed by atoms with Gasteiger partial charge in [0.15, 0.2) is 23.0 Å². The van der Waals surface area contributed by atoms with E-state index in [9.17, 15) is 30.3 Å². The number of esters is 2. The van der Waals surface area contributed by atoms with Crippen molar-refractivity contribution in [1.29, 1.82) is 0 Å². The van der Waals surface area contributed by atoms with E-state index in [1.807, 2.05) is 70.1 Å². The second-order valence-corrected chi connectivity index (χ2v) is 33.1. The van der Waals surface area contributed by atoms with E-state index in [-0.39, 0.29) is 71.4 Å². The molecule has 17 unspecified atom stereocenters. The van der Waals surface area contributed by atoms with Crippen LogP contribution in [0.4, 0.5) is 0 Å². The highest BCUT2D eigenvalue weighted by molar-refractivity contribution is 8.77. The van der Waals surface area contributed by atoms with Crippen LogP contribution in [0.1, 0.15) is 94.5 Å². The Balaban J connectivity index is 0.936. The van der Waals surface area contributed by atoms with Gasteiger partial charge in [-0.2, -0.15) is 0 Å². The summed E-state index contributed by atoms with van der Waals surface area (Å²) in [5.41, 5.74) is 7.42. The quantitative estimate of drug-likeness (QED) is 0.0423. The van der Waals surface area contributed by atoms with E-state index in [2.05, 4.69) is 114 Å². The molecule has 7 aromatic carbocycles. The summed E-state index contributed by atoms with van der Waals surface area (Å²) in [6.45, 7) is 2.56. The molecule has 3 fully saturated rings. The summed E-state index contributed by atoms with van der Waals surface area (Å²) in [7, 11) is 8.18. The molecule has 488 valence electrons. The van der Waals surface area contributed by atoms with E-state index in [1.54, 1.807) is 22.9 Å². The second-order valence-electron chi connectivity index (χ2n) is 27.9. The molecule has 12 nitrogen and oxygen atoms in total. The number of methoxy groups -OCH3 is 1. The Morgan fingerprint density at radius 1 is 0.789 bits per heavy atom. The molecule has 6 N–H and O–H groups in total. The van der Waals surface area contributed by atoms with Gasteiger partial charge in [-0.3, -0.25) is 9.59 Å². The fourth-order valence-electron chi connectivity index (χ4n) is 19.0.